The van der Waals surface area contributed by atoms with Crippen molar-refractivity contribution in [2.75, 3.05) is 12.4 Å². The minimum absolute atomic E-state index is 0.167. The molecule has 0 atom stereocenters. The molecule has 2 aromatic rings. The quantitative estimate of drug-likeness (QED) is 0.838. The lowest BCUT2D eigenvalue weighted by Crippen LogP contribution is -2.49. The van der Waals surface area contributed by atoms with E-state index in [9.17, 15) is 4.79 Å². The smallest absolute Gasteiger partial charge is 0.407 e. The van der Waals surface area contributed by atoms with Gasteiger partial charge in [0.2, 0.25) is 0 Å². The number of rotatable bonds is 6. The maximum Gasteiger partial charge on any atom is 0.407 e. The number of benzene rings is 2. The van der Waals surface area contributed by atoms with Gasteiger partial charge in [0.15, 0.2) is 0 Å². The Morgan fingerprint density at radius 3 is 2.56 bits per heavy atom. The molecule has 0 saturated heterocycles. The van der Waals surface area contributed by atoms with Crippen molar-refractivity contribution in [3.63, 3.8) is 0 Å². The molecule has 5 nitrogen and oxygen atoms in total. The van der Waals surface area contributed by atoms with Crippen LogP contribution in [0.15, 0.2) is 48.5 Å². The highest BCUT2D eigenvalue weighted by Gasteiger charge is 2.30. The molecule has 0 bridgehead atoms. The number of hydrogen-bond acceptors (Lipinski definition) is 4. The Kier molecular flexibility index (Phi) is 5.43. The van der Waals surface area contributed by atoms with Crippen molar-refractivity contribution < 1.29 is 14.3 Å². The number of anilines is 1. The third kappa shape index (κ3) is 4.66. The fourth-order valence-corrected chi connectivity index (χ4v) is 2.99. The first-order valence-corrected chi connectivity index (χ1v) is 8.52. The van der Waals surface area contributed by atoms with Crippen LogP contribution in [0.25, 0.3) is 0 Å². The van der Waals surface area contributed by atoms with Gasteiger partial charge in [-0.1, -0.05) is 30.3 Å². The molecule has 25 heavy (non-hydrogen) atoms. The van der Waals surface area contributed by atoms with Gasteiger partial charge in [-0.3, -0.25) is 0 Å². The van der Waals surface area contributed by atoms with Gasteiger partial charge in [-0.2, -0.15) is 0 Å². The lowest BCUT2D eigenvalue weighted by atomic mass is 9.86. The van der Waals surface area contributed by atoms with Crippen LogP contribution in [0.4, 0.5) is 10.5 Å². The lowest BCUT2D eigenvalue weighted by Gasteiger charge is -2.36. The molecule has 1 fully saturated rings. The predicted octanol–water partition coefficient (Wildman–Crippen LogP) is 3.87. The van der Waals surface area contributed by atoms with E-state index in [1.54, 1.807) is 7.11 Å². The van der Waals surface area contributed by atoms with Gasteiger partial charge in [-0.05, 0) is 49.1 Å². The molecule has 0 heterocycles. The summed E-state index contributed by atoms with van der Waals surface area (Å²) in [4.78, 5) is 11.8. The average molecular weight is 340 g/mol. The summed E-state index contributed by atoms with van der Waals surface area (Å²) in [5.41, 5.74) is 3.17. The fraction of sp³-hybridized carbons (Fsp3) is 0.350. The predicted molar refractivity (Wildman–Crippen MR) is 97.9 cm³/mol. The number of methoxy groups -OCH3 is 1. The largest absolute Gasteiger partial charge is 0.496 e. The van der Waals surface area contributed by atoms with Gasteiger partial charge >= 0.3 is 6.09 Å². The summed E-state index contributed by atoms with van der Waals surface area (Å²) < 4.78 is 10.5. The van der Waals surface area contributed by atoms with Crippen LogP contribution in [-0.4, -0.2) is 25.3 Å². The van der Waals surface area contributed by atoms with Gasteiger partial charge in [0, 0.05) is 17.8 Å². The van der Waals surface area contributed by atoms with Crippen LogP contribution in [0.3, 0.4) is 0 Å². The summed E-state index contributed by atoms with van der Waals surface area (Å²) in [6.07, 6.45) is 1.43. The molecule has 0 aromatic heterocycles. The Labute approximate surface area is 148 Å². The molecule has 1 aliphatic rings. The summed E-state index contributed by atoms with van der Waals surface area (Å²) in [5, 5.41) is 6.39. The minimum Gasteiger partial charge on any atom is -0.496 e. The van der Waals surface area contributed by atoms with Crippen molar-refractivity contribution >= 4 is 11.8 Å². The number of amides is 1. The Morgan fingerprint density at radius 2 is 1.88 bits per heavy atom. The number of nitrogens with one attached hydrogen (secondary N) is 2. The van der Waals surface area contributed by atoms with Gasteiger partial charge in [0.25, 0.3) is 0 Å². The van der Waals surface area contributed by atoms with Crippen molar-refractivity contribution in [1.82, 2.24) is 5.32 Å². The SMILES string of the molecule is COc1ccc(NC2CC(NC(=O)OCc3ccccc3)C2)cc1C. The van der Waals surface area contributed by atoms with E-state index < -0.39 is 0 Å². The van der Waals surface area contributed by atoms with E-state index in [-0.39, 0.29) is 12.1 Å². The Hall–Kier alpha value is -2.69. The van der Waals surface area contributed by atoms with E-state index in [2.05, 4.69) is 16.7 Å². The van der Waals surface area contributed by atoms with Crippen molar-refractivity contribution in [2.24, 2.45) is 0 Å². The van der Waals surface area contributed by atoms with Crippen LogP contribution in [0.5, 0.6) is 5.75 Å². The highest BCUT2D eigenvalue weighted by molar-refractivity contribution is 5.68. The molecule has 132 valence electrons. The minimum atomic E-state index is -0.354. The first kappa shape index (κ1) is 17.1. The van der Waals surface area contributed by atoms with Gasteiger partial charge < -0.3 is 20.1 Å². The zero-order chi connectivity index (χ0) is 17.6. The molecular formula is C20H24N2O3. The third-order valence-corrected chi connectivity index (χ3v) is 4.44. The van der Waals surface area contributed by atoms with Crippen LogP contribution in [0.2, 0.25) is 0 Å². The lowest BCUT2D eigenvalue weighted by molar-refractivity contribution is 0.129. The standard InChI is InChI=1S/C20H24N2O3/c1-14-10-16(8-9-19(14)24-2)21-17-11-18(12-17)22-20(23)25-13-15-6-4-3-5-7-15/h3-10,17-18,21H,11-13H2,1-2H3,(H,22,23). The first-order valence-electron chi connectivity index (χ1n) is 8.52. The summed E-state index contributed by atoms with van der Waals surface area (Å²) in [7, 11) is 1.68. The van der Waals surface area contributed by atoms with Crippen LogP contribution >= 0.6 is 0 Å². The second kappa shape index (κ2) is 7.92. The summed E-state index contributed by atoms with van der Waals surface area (Å²) in [5.74, 6) is 0.889. The zero-order valence-electron chi connectivity index (χ0n) is 14.6. The number of hydrogen-bond donors (Lipinski definition) is 2. The molecule has 1 saturated carbocycles. The molecule has 0 radical (unpaired) electrons. The second-order valence-electron chi connectivity index (χ2n) is 6.40. The van der Waals surface area contributed by atoms with E-state index in [4.69, 9.17) is 9.47 Å². The molecule has 0 aliphatic heterocycles. The fourth-order valence-electron chi connectivity index (χ4n) is 2.99. The molecule has 2 aromatic carbocycles. The normalized spacial score (nSPS) is 18.8. The van der Waals surface area contributed by atoms with Crippen molar-refractivity contribution in [3.8, 4) is 5.75 Å². The summed E-state index contributed by atoms with van der Waals surface area (Å²) in [6, 6.07) is 16.3. The highest BCUT2D eigenvalue weighted by Crippen LogP contribution is 2.27. The van der Waals surface area contributed by atoms with Crippen molar-refractivity contribution in [1.29, 1.82) is 0 Å². The average Bonchev–Trinajstić information content (AvgIpc) is 2.59. The van der Waals surface area contributed by atoms with Crippen LogP contribution in [-0.2, 0) is 11.3 Å². The van der Waals surface area contributed by atoms with E-state index in [0.29, 0.717) is 12.6 Å². The number of carbonyl (C=O) groups is 1. The van der Waals surface area contributed by atoms with Crippen LogP contribution in [0.1, 0.15) is 24.0 Å². The van der Waals surface area contributed by atoms with Crippen molar-refractivity contribution in [3.05, 3.63) is 59.7 Å². The Bertz CT molecular complexity index is 712. The van der Waals surface area contributed by atoms with Gasteiger partial charge in [-0.15, -0.1) is 0 Å². The van der Waals surface area contributed by atoms with Crippen molar-refractivity contribution in [2.45, 2.75) is 38.5 Å². The summed E-state index contributed by atoms with van der Waals surface area (Å²) in [6.45, 7) is 2.32. The number of alkyl carbamates (subject to hydrolysis) is 1. The molecule has 1 amide bonds. The maximum absolute atomic E-state index is 11.8. The first-order chi connectivity index (χ1) is 12.1. The third-order valence-electron chi connectivity index (χ3n) is 4.44. The monoisotopic (exact) mass is 340 g/mol. The Morgan fingerprint density at radius 1 is 1.12 bits per heavy atom. The van der Waals surface area contributed by atoms with Gasteiger partial charge in [0.1, 0.15) is 12.4 Å². The molecule has 2 N–H and O–H groups in total. The van der Waals surface area contributed by atoms with E-state index in [1.165, 1.54) is 0 Å². The van der Waals surface area contributed by atoms with E-state index in [1.807, 2.05) is 49.4 Å². The van der Waals surface area contributed by atoms with Gasteiger partial charge in [-0.25, -0.2) is 4.79 Å². The molecule has 0 spiro atoms. The molecule has 0 unspecified atom stereocenters. The van der Waals surface area contributed by atoms with Crippen LogP contribution in [0, 0.1) is 6.92 Å². The topological polar surface area (TPSA) is 59.6 Å². The maximum atomic E-state index is 11.8. The molecule has 3 rings (SSSR count). The van der Waals surface area contributed by atoms with E-state index >= 15 is 0 Å². The Balaban J connectivity index is 1.38. The second-order valence-corrected chi connectivity index (χ2v) is 6.40. The molecule has 5 heteroatoms. The van der Waals surface area contributed by atoms with Gasteiger partial charge in [0.05, 0.1) is 7.11 Å². The molecular weight excluding hydrogens is 316 g/mol. The number of carbonyl (C=O) groups excluding carboxylic acids is 1. The van der Waals surface area contributed by atoms with E-state index in [0.717, 1.165) is 35.4 Å². The summed E-state index contributed by atoms with van der Waals surface area (Å²) >= 11 is 0. The highest BCUT2D eigenvalue weighted by atomic mass is 16.5. The zero-order valence-corrected chi connectivity index (χ0v) is 14.6. The number of ether oxygens (including phenoxy) is 2. The number of aryl methyl sites for hydroxylation is 1. The van der Waals surface area contributed by atoms with Crippen LogP contribution < -0.4 is 15.4 Å². The molecule has 1 aliphatic carbocycles.